The Balaban J connectivity index is 5.24. The van der Waals surface area contributed by atoms with Crippen LogP contribution in [0.3, 0.4) is 0 Å². The van der Waals surface area contributed by atoms with Crippen molar-refractivity contribution in [1.29, 1.82) is 0 Å². The lowest BCUT2D eigenvalue weighted by Crippen LogP contribution is -2.58. The fourth-order valence-corrected chi connectivity index (χ4v) is 3.17. The van der Waals surface area contributed by atoms with Gasteiger partial charge in [0, 0.05) is 6.42 Å². The molecule has 3 amide bonds. The second kappa shape index (κ2) is 17.1. The lowest BCUT2D eigenvalue weighted by Gasteiger charge is -2.24. The van der Waals surface area contributed by atoms with Crippen molar-refractivity contribution in [1.82, 2.24) is 16.0 Å². The van der Waals surface area contributed by atoms with E-state index in [2.05, 4.69) is 16.0 Å². The van der Waals surface area contributed by atoms with Crippen molar-refractivity contribution < 1.29 is 39.3 Å². The molecule has 0 aliphatic rings. The molecule has 14 heteroatoms. The van der Waals surface area contributed by atoms with Crippen molar-refractivity contribution in [2.24, 2.45) is 11.5 Å². The second-order valence-electron chi connectivity index (χ2n) is 7.31. The number of aliphatic carboxylic acids is 2. The van der Waals surface area contributed by atoms with Crippen molar-refractivity contribution in [2.75, 3.05) is 25.2 Å². The Hall–Kier alpha value is -2.42. The van der Waals surface area contributed by atoms with Gasteiger partial charge in [0.15, 0.2) is 0 Å². The van der Waals surface area contributed by atoms with Crippen LogP contribution in [-0.4, -0.2) is 94.3 Å². The van der Waals surface area contributed by atoms with Gasteiger partial charge in [-0.15, -0.1) is 0 Å². The van der Waals surface area contributed by atoms with Gasteiger partial charge >= 0.3 is 11.9 Å². The molecular formula is C19H35N5O8S. The number of rotatable bonds is 18. The van der Waals surface area contributed by atoms with Gasteiger partial charge in [-0.3, -0.25) is 19.2 Å². The molecule has 0 aliphatic carbocycles. The van der Waals surface area contributed by atoms with Gasteiger partial charge in [-0.25, -0.2) is 4.79 Å². The second-order valence-corrected chi connectivity index (χ2v) is 8.29. The summed E-state index contributed by atoms with van der Waals surface area (Å²) in [7, 11) is 0. The van der Waals surface area contributed by atoms with Crippen LogP contribution >= 0.6 is 11.8 Å². The smallest absolute Gasteiger partial charge is 0.326 e. The van der Waals surface area contributed by atoms with E-state index in [-0.39, 0.29) is 12.8 Å². The maximum absolute atomic E-state index is 12.7. The Kier molecular flexibility index (Phi) is 15.9. The van der Waals surface area contributed by atoms with Crippen LogP contribution < -0.4 is 27.4 Å². The van der Waals surface area contributed by atoms with Gasteiger partial charge in [-0.05, 0) is 50.7 Å². The number of carbonyl (C=O) groups excluding carboxylic acids is 3. The number of amides is 3. The maximum Gasteiger partial charge on any atom is 0.326 e. The van der Waals surface area contributed by atoms with Gasteiger partial charge in [0.25, 0.3) is 0 Å². The summed E-state index contributed by atoms with van der Waals surface area (Å²) in [6, 6.07) is -4.91. The van der Waals surface area contributed by atoms with E-state index in [1.165, 1.54) is 11.8 Å². The summed E-state index contributed by atoms with van der Waals surface area (Å²) in [6.45, 7) is -0.414. The Morgan fingerprint density at radius 2 is 1.42 bits per heavy atom. The predicted molar refractivity (Wildman–Crippen MR) is 121 cm³/mol. The first-order valence-electron chi connectivity index (χ1n) is 10.5. The molecule has 190 valence electrons. The molecule has 0 rings (SSSR count). The minimum Gasteiger partial charge on any atom is -0.481 e. The predicted octanol–water partition coefficient (Wildman–Crippen LogP) is -2.41. The maximum atomic E-state index is 12.7. The van der Waals surface area contributed by atoms with Crippen LogP contribution in [0.5, 0.6) is 0 Å². The summed E-state index contributed by atoms with van der Waals surface area (Å²) in [5.74, 6) is -4.34. The molecule has 13 nitrogen and oxygen atoms in total. The molecule has 0 aromatic rings. The molecule has 0 saturated carbocycles. The molecular weight excluding hydrogens is 458 g/mol. The van der Waals surface area contributed by atoms with E-state index in [4.69, 9.17) is 16.6 Å². The summed E-state index contributed by atoms with van der Waals surface area (Å²) in [6.07, 6.45) is 2.47. The molecule has 0 heterocycles. The number of unbranched alkanes of at least 4 members (excludes halogenated alkanes) is 1. The van der Waals surface area contributed by atoms with Crippen molar-refractivity contribution in [2.45, 2.75) is 62.7 Å². The lowest BCUT2D eigenvalue weighted by molar-refractivity contribution is -0.143. The monoisotopic (exact) mass is 493 g/mol. The summed E-state index contributed by atoms with van der Waals surface area (Å²) in [5, 5.41) is 34.5. The van der Waals surface area contributed by atoms with Crippen LogP contribution in [0.25, 0.3) is 0 Å². The van der Waals surface area contributed by atoms with Crippen LogP contribution in [0.4, 0.5) is 0 Å². The third-order valence-corrected chi connectivity index (χ3v) is 5.27. The number of carboxylic acids is 2. The third-order valence-electron chi connectivity index (χ3n) is 4.63. The fourth-order valence-electron chi connectivity index (χ4n) is 2.68. The highest BCUT2D eigenvalue weighted by Crippen LogP contribution is 2.05. The normalized spacial score (nSPS) is 14.4. The van der Waals surface area contributed by atoms with Crippen molar-refractivity contribution in [3.8, 4) is 0 Å². The van der Waals surface area contributed by atoms with Crippen LogP contribution in [0.2, 0.25) is 0 Å². The van der Waals surface area contributed by atoms with E-state index in [1.807, 2.05) is 6.26 Å². The minimum atomic E-state index is -1.47. The number of hydrogen-bond acceptors (Lipinski definition) is 9. The van der Waals surface area contributed by atoms with Crippen molar-refractivity contribution in [3.05, 3.63) is 0 Å². The molecule has 0 bridgehead atoms. The van der Waals surface area contributed by atoms with Crippen LogP contribution in [-0.2, 0) is 24.0 Å². The Morgan fingerprint density at radius 1 is 0.848 bits per heavy atom. The molecule has 0 aromatic carbocycles. The highest BCUT2D eigenvalue weighted by atomic mass is 32.2. The number of nitrogens with two attached hydrogens (primary N) is 2. The SMILES string of the molecule is CSCCC(N)C(=O)NC(CO)C(=O)NC(CCCCN)C(=O)NC(CCC(=O)O)C(=O)O. The molecule has 4 atom stereocenters. The summed E-state index contributed by atoms with van der Waals surface area (Å²) in [5.41, 5.74) is 11.2. The van der Waals surface area contributed by atoms with E-state index in [9.17, 15) is 34.2 Å². The highest BCUT2D eigenvalue weighted by Gasteiger charge is 2.30. The van der Waals surface area contributed by atoms with Gasteiger partial charge in [0.1, 0.15) is 18.1 Å². The number of nitrogens with one attached hydrogen (secondary N) is 3. The van der Waals surface area contributed by atoms with Crippen LogP contribution in [0, 0.1) is 0 Å². The molecule has 10 N–H and O–H groups in total. The zero-order valence-corrected chi connectivity index (χ0v) is 19.4. The quantitative estimate of drug-likeness (QED) is 0.0936. The summed E-state index contributed by atoms with van der Waals surface area (Å²) < 4.78 is 0. The molecule has 0 spiro atoms. The zero-order chi connectivity index (χ0) is 25.4. The van der Waals surface area contributed by atoms with Gasteiger partial charge in [-0.1, -0.05) is 0 Å². The van der Waals surface area contributed by atoms with Crippen LogP contribution in [0.15, 0.2) is 0 Å². The molecule has 4 unspecified atom stereocenters. The third kappa shape index (κ3) is 13.0. The standard InChI is InChI=1S/C19H35N5O8S/c1-33-9-7-11(21)16(28)24-14(10-25)18(30)22-12(4-2-3-8-20)17(29)23-13(19(31)32)5-6-15(26)27/h11-14,25H,2-10,20-21H2,1H3,(H,22,30)(H,23,29)(H,24,28)(H,26,27)(H,31,32). The number of hydrogen-bond donors (Lipinski definition) is 8. The molecule has 0 aromatic heterocycles. The first-order chi connectivity index (χ1) is 15.6. The first-order valence-corrected chi connectivity index (χ1v) is 11.9. The Bertz CT molecular complexity index is 666. The van der Waals surface area contributed by atoms with Crippen molar-refractivity contribution in [3.63, 3.8) is 0 Å². The summed E-state index contributed by atoms with van der Waals surface area (Å²) >= 11 is 1.49. The van der Waals surface area contributed by atoms with Crippen molar-refractivity contribution >= 4 is 41.4 Å². The van der Waals surface area contributed by atoms with E-state index >= 15 is 0 Å². The molecule has 0 saturated heterocycles. The number of aliphatic hydroxyl groups excluding tert-OH is 1. The largest absolute Gasteiger partial charge is 0.481 e. The van der Waals surface area contributed by atoms with E-state index < -0.39 is 66.9 Å². The van der Waals surface area contributed by atoms with Gasteiger partial charge in [0.2, 0.25) is 17.7 Å². The fraction of sp³-hybridized carbons (Fsp3) is 0.737. The topological polar surface area (TPSA) is 234 Å². The lowest BCUT2D eigenvalue weighted by atomic mass is 10.1. The van der Waals surface area contributed by atoms with Gasteiger partial charge in [0.05, 0.1) is 12.6 Å². The van der Waals surface area contributed by atoms with E-state index in [0.29, 0.717) is 31.6 Å². The average Bonchev–Trinajstić information content (AvgIpc) is 2.76. The van der Waals surface area contributed by atoms with Gasteiger partial charge in [-0.2, -0.15) is 11.8 Å². The first kappa shape index (κ1) is 30.6. The minimum absolute atomic E-state index is 0.110. The number of thioether (sulfide) groups is 1. The number of aliphatic hydroxyl groups is 1. The number of carboxylic acid groups (broad SMARTS) is 2. The zero-order valence-electron chi connectivity index (χ0n) is 18.6. The van der Waals surface area contributed by atoms with Gasteiger partial charge < -0.3 is 42.7 Å². The number of carbonyl (C=O) groups is 5. The molecule has 0 aliphatic heterocycles. The molecule has 0 fully saturated rings. The average molecular weight is 494 g/mol. The molecule has 33 heavy (non-hydrogen) atoms. The Labute approximate surface area is 196 Å². The van der Waals surface area contributed by atoms with E-state index in [1.54, 1.807) is 0 Å². The molecule has 0 radical (unpaired) electrons. The van der Waals surface area contributed by atoms with E-state index in [0.717, 1.165) is 0 Å². The Morgan fingerprint density at radius 3 is 1.94 bits per heavy atom. The summed E-state index contributed by atoms with van der Waals surface area (Å²) in [4.78, 5) is 59.5. The van der Waals surface area contributed by atoms with Crippen LogP contribution in [0.1, 0.15) is 38.5 Å². The highest BCUT2D eigenvalue weighted by molar-refractivity contribution is 7.98.